The molecule has 3 rings (SSSR count). The van der Waals surface area contributed by atoms with E-state index < -0.39 is 12.1 Å². The number of ether oxygens (including phenoxy) is 3. The highest BCUT2D eigenvalue weighted by molar-refractivity contribution is 7.98. The van der Waals surface area contributed by atoms with E-state index in [-0.39, 0.29) is 17.2 Å². The Morgan fingerprint density at radius 1 is 1.10 bits per heavy atom. The fourth-order valence-corrected chi connectivity index (χ4v) is 5.72. The quantitative estimate of drug-likeness (QED) is 0.280. The predicted octanol–water partition coefficient (Wildman–Crippen LogP) is 3.46. The second-order valence-corrected chi connectivity index (χ2v) is 11.5. The van der Waals surface area contributed by atoms with Gasteiger partial charge in [-0.3, -0.25) is 14.4 Å². The van der Waals surface area contributed by atoms with Gasteiger partial charge in [0.2, 0.25) is 23.0 Å². The maximum atomic E-state index is 13.7. The molecule has 0 saturated carbocycles. The number of aryl methyl sites for hydroxylation is 1. The van der Waals surface area contributed by atoms with Crippen LogP contribution in [0, 0.1) is 0 Å². The molecule has 0 radical (unpaired) electrons. The molecule has 11 heteroatoms. The van der Waals surface area contributed by atoms with Crippen LogP contribution in [0.1, 0.15) is 43.4 Å². The van der Waals surface area contributed by atoms with Crippen LogP contribution in [0.3, 0.4) is 0 Å². The van der Waals surface area contributed by atoms with Gasteiger partial charge >= 0.3 is 0 Å². The number of amides is 2. The minimum atomic E-state index is -0.580. The molecular weight excluding hydrogens is 556 g/mol. The molecule has 2 aromatic carbocycles. The van der Waals surface area contributed by atoms with Crippen molar-refractivity contribution < 1.29 is 23.8 Å². The zero-order valence-electron chi connectivity index (χ0n) is 25.7. The molecule has 2 amide bonds. The summed E-state index contributed by atoms with van der Waals surface area (Å²) in [4.78, 5) is 41.1. The van der Waals surface area contributed by atoms with E-state index in [4.69, 9.17) is 14.2 Å². The van der Waals surface area contributed by atoms with Gasteiger partial charge in [0.1, 0.15) is 6.04 Å². The van der Waals surface area contributed by atoms with Crippen molar-refractivity contribution in [2.24, 2.45) is 0 Å². The van der Waals surface area contributed by atoms with E-state index in [0.29, 0.717) is 54.3 Å². The number of hydrogen-bond donors (Lipinski definition) is 3. The second kappa shape index (κ2) is 15.7. The number of rotatable bonds is 14. The third-order valence-corrected chi connectivity index (χ3v) is 7.90. The summed E-state index contributed by atoms with van der Waals surface area (Å²) in [5.74, 6) is 1.88. The van der Waals surface area contributed by atoms with E-state index in [9.17, 15) is 14.4 Å². The highest BCUT2D eigenvalue weighted by Gasteiger charge is 2.30. The molecule has 1 aliphatic carbocycles. The van der Waals surface area contributed by atoms with Gasteiger partial charge in [0, 0.05) is 19.0 Å². The SMILES string of the molecule is COc1cc2c(c(OC)c1OC)-c1ccc(NC(CCSC)C(=O)NCCCN(C)C)c(=O)cc1C(NC(C)=O)CC2. The number of fused-ring (bicyclic) bond motifs is 3. The average molecular weight is 601 g/mol. The van der Waals surface area contributed by atoms with E-state index in [0.717, 1.165) is 35.4 Å². The minimum absolute atomic E-state index is 0.143. The molecule has 0 spiro atoms. The first-order valence-electron chi connectivity index (χ1n) is 14.1. The van der Waals surface area contributed by atoms with Crippen molar-refractivity contribution in [3.63, 3.8) is 0 Å². The summed E-state index contributed by atoms with van der Waals surface area (Å²) in [6.45, 7) is 2.88. The fraction of sp³-hybridized carbons (Fsp3) is 0.516. The summed E-state index contributed by atoms with van der Waals surface area (Å²) in [7, 11) is 8.67. The fourth-order valence-electron chi connectivity index (χ4n) is 5.25. The second-order valence-electron chi connectivity index (χ2n) is 10.5. The van der Waals surface area contributed by atoms with Crippen molar-refractivity contribution >= 4 is 29.3 Å². The molecular formula is C31H44N4O6S. The smallest absolute Gasteiger partial charge is 0.242 e. The number of carbonyl (C=O) groups excluding carboxylic acids is 2. The highest BCUT2D eigenvalue weighted by Crippen LogP contribution is 2.50. The summed E-state index contributed by atoms with van der Waals surface area (Å²) >= 11 is 1.64. The van der Waals surface area contributed by atoms with Gasteiger partial charge in [0.25, 0.3) is 0 Å². The van der Waals surface area contributed by atoms with Crippen LogP contribution in [-0.2, 0) is 16.0 Å². The molecule has 0 fully saturated rings. The summed E-state index contributed by atoms with van der Waals surface area (Å²) in [5, 5.41) is 9.26. The van der Waals surface area contributed by atoms with Gasteiger partial charge in [-0.05, 0) is 93.2 Å². The number of hydrogen-bond acceptors (Lipinski definition) is 9. The van der Waals surface area contributed by atoms with Crippen LogP contribution >= 0.6 is 11.8 Å². The minimum Gasteiger partial charge on any atom is -0.493 e. The number of carbonyl (C=O) groups is 2. The molecule has 2 aromatic rings. The first kappa shape index (κ1) is 33.1. The largest absolute Gasteiger partial charge is 0.493 e. The number of nitrogens with one attached hydrogen (secondary N) is 3. The van der Waals surface area contributed by atoms with Gasteiger partial charge < -0.3 is 35.1 Å². The molecule has 10 nitrogen and oxygen atoms in total. The lowest BCUT2D eigenvalue weighted by Gasteiger charge is -2.19. The summed E-state index contributed by atoms with van der Waals surface area (Å²) in [6, 6.07) is 6.05. The molecule has 0 aliphatic heterocycles. The van der Waals surface area contributed by atoms with E-state index in [1.807, 2.05) is 32.5 Å². The van der Waals surface area contributed by atoms with Gasteiger partial charge in [-0.15, -0.1) is 0 Å². The van der Waals surface area contributed by atoms with Crippen molar-refractivity contribution in [1.82, 2.24) is 15.5 Å². The first-order valence-corrected chi connectivity index (χ1v) is 15.5. The van der Waals surface area contributed by atoms with Crippen LogP contribution in [0.15, 0.2) is 29.1 Å². The Balaban J connectivity index is 2.12. The topological polar surface area (TPSA) is 118 Å². The van der Waals surface area contributed by atoms with Crippen LogP contribution in [-0.4, -0.2) is 83.3 Å². The highest BCUT2D eigenvalue weighted by atomic mass is 32.2. The Morgan fingerprint density at radius 2 is 1.83 bits per heavy atom. The van der Waals surface area contributed by atoms with Crippen LogP contribution < -0.4 is 35.6 Å². The summed E-state index contributed by atoms with van der Waals surface area (Å²) in [6.07, 6.45) is 4.55. The van der Waals surface area contributed by atoms with E-state index in [1.165, 1.54) is 6.92 Å². The van der Waals surface area contributed by atoms with Gasteiger partial charge in [0.05, 0.1) is 33.1 Å². The Kier molecular flexibility index (Phi) is 12.4. The first-order chi connectivity index (χ1) is 20.1. The van der Waals surface area contributed by atoms with Gasteiger partial charge in [-0.2, -0.15) is 11.8 Å². The molecule has 0 saturated heterocycles. The monoisotopic (exact) mass is 600 g/mol. The van der Waals surface area contributed by atoms with Crippen LogP contribution in [0.2, 0.25) is 0 Å². The van der Waals surface area contributed by atoms with Crippen molar-refractivity contribution in [2.45, 2.75) is 44.7 Å². The molecule has 2 atom stereocenters. The molecule has 42 heavy (non-hydrogen) atoms. The average Bonchev–Trinajstić information content (AvgIpc) is 3.20. The van der Waals surface area contributed by atoms with E-state index in [2.05, 4.69) is 20.9 Å². The molecule has 0 heterocycles. The summed E-state index contributed by atoms with van der Waals surface area (Å²) < 4.78 is 17.1. The van der Waals surface area contributed by atoms with Crippen molar-refractivity contribution in [1.29, 1.82) is 0 Å². The maximum absolute atomic E-state index is 13.7. The predicted molar refractivity (Wildman–Crippen MR) is 169 cm³/mol. The zero-order chi connectivity index (χ0) is 30.8. The number of nitrogens with zero attached hydrogens (tertiary/aromatic N) is 1. The lowest BCUT2D eigenvalue weighted by molar-refractivity contribution is -0.122. The number of anilines is 1. The molecule has 0 aromatic heterocycles. The van der Waals surface area contributed by atoms with Gasteiger partial charge in [-0.25, -0.2) is 0 Å². The lowest BCUT2D eigenvalue weighted by atomic mass is 9.95. The maximum Gasteiger partial charge on any atom is 0.242 e. The third kappa shape index (κ3) is 8.10. The standard InChI is InChI=1S/C31H44N4O6S/c1-19(36)33-23-11-9-20-17-27(39-4)29(40-5)30(41-6)28(20)21-10-12-24(26(37)18-22(21)23)34-25(13-16-42-7)31(38)32-14-8-15-35(2)3/h10,12,17-18,23,25H,8-9,11,13-16H2,1-7H3,(H,32,38)(H,33,36)(H,34,37). The molecule has 1 aliphatic rings. The van der Waals surface area contributed by atoms with Crippen molar-refractivity contribution in [2.75, 3.05) is 65.8 Å². The number of thioether (sulfide) groups is 1. The van der Waals surface area contributed by atoms with Gasteiger partial charge in [-0.1, -0.05) is 6.07 Å². The van der Waals surface area contributed by atoms with Crippen LogP contribution in [0.5, 0.6) is 17.2 Å². The zero-order valence-corrected chi connectivity index (χ0v) is 26.5. The number of methoxy groups -OCH3 is 3. The van der Waals surface area contributed by atoms with Gasteiger partial charge in [0.15, 0.2) is 11.5 Å². The van der Waals surface area contributed by atoms with Crippen LogP contribution in [0.25, 0.3) is 11.1 Å². The van der Waals surface area contributed by atoms with Crippen molar-refractivity contribution in [3.05, 3.63) is 45.6 Å². The summed E-state index contributed by atoms with van der Waals surface area (Å²) in [5.41, 5.74) is 3.15. The lowest BCUT2D eigenvalue weighted by Crippen LogP contribution is -2.41. The molecule has 2 unspecified atom stereocenters. The third-order valence-electron chi connectivity index (χ3n) is 7.25. The Hall–Kier alpha value is -3.44. The number of benzene rings is 1. The molecule has 3 N–H and O–H groups in total. The van der Waals surface area contributed by atoms with Crippen LogP contribution in [0.4, 0.5) is 5.69 Å². The molecule has 0 bridgehead atoms. The Labute approximate surface area is 252 Å². The van der Waals surface area contributed by atoms with E-state index >= 15 is 0 Å². The molecule has 230 valence electrons. The normalized spacial score (nSPS) is 14.6. The van der Waals surface area contributed by atoms with E-state index in [1.54, 1.807) is 45.2 Å². The van der Waals surface area contributed by atoms with Crippen molar-refractivity contribution in [3.8, 4) is 28.4 Å². The Bertz CT molecular complexity index is 1320. The Morgan fingerprint density at radius 3 is 2.45 bits per heavy atom.